The number of anilines is 1. The van der Waals surface area contributed by atoms with Crippen LogP contribution in [0.5, 0.6) is 0 Å². The van der Waals surface area contributed by atoms with Gasteiger partial charge in [0, 0.05) is 37.3 Å². The van der Waals surface area contributed by atoms with E-state index in [1.54, 1.807) is 24.3 Å². The van der Waals surface area contributed by atoms with Gasteiger partial charge in [-0.2, -0.15) is 0 Å². The van der Waals surface area contributed by atoms with E-state index in [9.17, 15) is 9.18 Å². The Balaban J connectivity index is 1.55. The number of likely N-dealkylation sites (tertiary alicyclic amines) is 1. The van der Waals surface area contributed by atoms with Crippen molar-refractivity contribution in [3.05, 3.63) is 64.3 Å². The molecule has 2 aliphatic heterocycles. The fourth-order valence-electron chi connectivity index (χ4n) is 3.82. The molecule has 1 aromatic heterocycles. The Kier molecular flexibility index (Phi) is 3.84. The first-order chi connectivity index (χ1) is 11.6. The number of fused-ring (bicyclic) bond motifs is 4. The van der Waals surface area contributed by atoms with E-state index in [0.717, 1.165) is 31.7 Å². The number of benzene rings is 1. The molecule has 0 saturated carbocycles. The number of hydrogen-bond donors (Lipinski definition) is 1. The lowest BCUT2D eigenvalue weighted by Gasteiger charge is -2.43. The standard InChI is InChI=1S/C18H18FN3OS/c19-14-4-1-2-5-15(14)20-18(24)21-9-12-8-13(11-21)16-6-3-7-17(23)22(16)10-12/h1-7,12-13H,8-11H2,(H,20,24)/t12-,13+/m1/s1. The average molecular weight is 343 g/mol. The summed E-state index contributed by atoms with van der Waals surface area (Å²) in [6.45, 7) is 2.27. The fourth-order valence-corrected chi connectivity index (χ4v) is 4.08. The number of halogens is 1. The Morgan fingerprint density at radius 1 is 1.12 bits per heavy atom. The van der Waals surface area contributed by atoms with E-state index in [1.165, 1.54) is 6.07 Å². The van der Waals surface area contributed by atoms with Gasteiger partial charge >= 0.3 is 0 Å². The molecule has 1 fully saturated rings. The molecule has 4 nitrogen and oxygen atoms in total. The summed E-state index contributed by atoms with van der Waals surface area (Å²) in [5, 5.41) is 3.56. The maximum Gasteiger partial charge on any atom is 0.250 e. The summed E-state index contributed by atoms with van der Waals surface area (Å²) in [4.78, 5) is 14.2. The van der Waals surface area contributed by atoms with Gasteiger partial charge in [-0.15, -0.1) is 0 Å². The zero-order valence-corrected chi connectivity index (χ0v) is 13.9. The van der Waals surface area contributed by atoms with Gasteiger partial charge in [-0.3, -0.25) is 4.79 Å². The minimum absolute atomic E-state index is 0.0720. The van der Waals surface area contributed by atoms with E-state index in [1.807, 2.05) is 16.7 Å². The van der Waals surface area contributed by atoms with Crippen molar-refractivity contribution < 1.29 is 4.39 Å². The minimum atomic E-state index is -0.311. The van der Waals surface area contributed by atoms with Crippen LogP contribution in [-0.4, -0.2) is 27.7 Å². The predicted molar refractivity (Wildman–Crippen MR) is 95.7 cm³/mol. The van der Waals surface area contributed by atoms with E-state index in [0.29, 0.717) is 16.7 Å². The van der Waals surface area contributed by atoms with Crippen LogP contribution in [0.15, 0.2) is 47.3 Å². The summed E-state index contributed by atoms with van der Waals surface area (Å²) in [7, 11) is 0. The van der Waals surface area contributed by atoms with E-state index >= 15 is 0 Å². The number of hydrogen-bond acceptors (Lipinski definition) is 2. The summed E-state index contributed by atoms with van der Waals surface area (Å²) in [5.41, 5.74) is 1.55. The molecule has 0 aliphatic carbocycles. The SMILES string of the molecule is O=c1cccc2n1C[C@@H]1C[C@H]2CN(C(=S)Nc2ccccc2F)C1. The highest BCUT2D eigenvalue weighted by Crippen LogP contribution is 2.35. The van der Waals surface area contributed by atoms with Gasteiger partial charge in [0.15, 0.2) is 5.11 Å². The zero-order chi connectivity index (χ0) is 16.7. The van der Waals surface area contributed by atoms with Gasteiger partial charge in [0.25, 0.3) is 5.56 Å². The molecule has 1 N–H and O–H groups in total. The Hall–Kier alpha value is -2.21. The van der Waals surface area contributed by atoms with Gasteiger partial charge in [-0.05, 0) is 42.8 Å². The first-order valence-corrected chi connectivity index (χ1v) is 8.53. The molecule has 0 spiro atoms. The van der Waals surface area contributed by atoms with Gasteiger partial charge in [0.1, 0.15) is 5.82 Å². The fraction of sp³-hybridized carbons (Fsp3) is 0.333. The highest BCUT2D eigenvalue weighted by atomic mass is 32.1. The lowest BCUT2D eigenvalue weighted by Crippen LogP contribution is -2.50. The van der Waals surface area contributed by atoms with Crippen molar-refractivity contribution in [1.82, 2.24) is 9.47 Å². The second-order valence-electron chi connectivity index (χ2n) is 6.51. The van der Waals surface area contributed by atoms with Crippen molar-refractivity contribution in [1.29, 1.82) is 0 Å². The van der Waals surface area contributed by atoms with Crippen molar-refractivity contribution in [3.63, 3.8) is 0 Å². The average Bonchev–Trinajstić information content (AvgIpc) is 2.58. The molecule has 1 saturated heterocycles. The minimum Gasteiger partial charge on any atom is -0.348 e. The number of nitrogens with one attached hydrogen (secondary N) is 1. The van der Waals surface area contributed by atoms with Gasteiger partial charge in [-0.25, -0.2) is 4.39 Å². The van der Waals surface area contributed by atoms with Crippen molar-refractivity contribution in [2.24, 2.45) is 5.92 Å². The molecule has 1 aromatic carbocycles. The summed E-state index contributed by atoms with van der Waals surface area (Å²) >= 11 is 5.50. The number of nitrogens with zero attached hydrogens (tertiary/aromatic N) is 2. The van der Waals surface area contributed by atoms with Crippen molar-refractivity contribution in [2.45, 2.75) is 18.9 Å². The van der Waals surface area contributed by atoms with Crippen LogP contribution >= 0.6 is 12.2 Å². The molecule has 24 heavy (non-hydrogen) atoms. The lowest BCUT2D eigenvalue weighted by atomic mass is 9.83. The summed E-state index contributed by atoms with van der Waals surface area (Å²) < 4.78 is 15.7. The largest absolute Gasteiger partial charge is 0.348 e. The van der Waals surface area contributed by atoms with Gasteiger partial charge in [0.2, 0.25) is 0 Å². The first-order valence-electron chi connectivity index (χ1n) is 8.12. The predicted octanol–water partition coefficient (Wildman–Crippen LogP) is 2.80. The van der Waals surface area contributed by atoms with Gasteiger partial charge in [0.05, 0.1) is 5.69 Å². The number of para-hydroxylation sites is 1. The third kappa shape index (κ3) is 2.71. The highest BCUT2D eigenvalue weighted by molar-refractivity contribution is 7.80. The molecule has 124 valence electrons. The maximum absolute atomic E-state index is 13.8. The quantitative estimate of drug-likeness (QED) is 0.808. The third-order valence-corrected chi connectivity index (χ3v) is 5.24. The first kappa shape index (κ1) is 15.3. The molecule has 0 unspecified atom stereocenters. The van der Waals surface area contributed by atoms with Crippen molar-refractivity contribution >= 4 is 23.0 Å². The molecule has 6 heteroatoms. The van der Waals surface area contributed by atoms with Crippen molar-refractivity contribution in [3.8, 4) is 0 Å². The van der Waals surface area contributed by atoms with Crippen LogP contribution in [0, 0.1) is 11.7 Å². The third-order valence-electron chi connectivity index (χ3n) is 4.88. The normalized spacial score (nSPS) is 22.0. The second kappa shape index (κ2) is 6.02. The zero-order valence-electron chi connectivity index (χ0n) is 13.1. The van der Waals surface area contributed by atoms with E-state index in [4.69, 9.17) is 12.2 Å². The Morgan fingerprint density at radius 2 is 1.96 bits per heavy atom. The van der Waals surface area contributed by atoms with E-state index < -0.39 is 0 Å². The van der Waals surface area contributed by atoms with Crippen molar-refractivity contribution in [2.75, 3.05) is 18.4 Å². The maximum atomic E-state index is 13.8. The molecule has 2 aliphatic rings. The highest BCUT2D eigenvalue weighted by Gasteiger charge is 2.35. The van der Waals surface area contributed by atoms with Gasteiger partial charge < -0.3 is 14.8 Å². The number of rotatable bonds is 1. The second-order valence-corrected chi connectivity index (χ2v) is 6.90. The lowest BCUT2D eigenvalue weighted by molar-refractivity contribution is 0.180. The van der Waals surface area contributed by atoms with Gasteiger partial charge in [-0.1, -0.05) is 18.2 Å². The summed E-state index contributed by atoms with van der Waals surface area (Å²) in [6.07, 6.45) is 1.07. The Bertz CT molecular complexity index is 850. The van der Waals surface area contributed by atoms with Crippen LogP contribution in [0.25, 0.3) is 0 Å². The molecule has 4 rings (SSSR count). The van der Waals surface area contributed by atoms with E-state index in [-0.39, 0.29) is 17.3 Å². The number of thiocarbonyl (C=S) groups is 1. The van der Waals surface area contributed by atoms with Crippen LogP contribution in [-0.2, 0) is 6.54 Å². The van der Waals surface area contributed by atoms with Crippen LogP contribution < -0.4 is 10.9 Å². The molecule has 0 radical (unpaired) electrons. The van der Waals surface area contributed by atoms with Crippen LogP contribution in [0.2, 0.25) is 0 Å². The number of aromatic nitrogens is 1. The summed E-state index contributed by atoms with van der Waals surface area (Å²) in [6, 6.07) is 12.0. The molecule has 2 atom stereocenters. The topological polar surface area (TPSA) is 37.3 Å². The smallest absolute Gasteiger partial charge is 0.250 e. The molecule has 0 amide bonds. The Morgan fingerprint density at radius 3 is 2.79 bits per heavy atom. The van der Waals surface area contributed by atoms with Crippen LogP contribution in [0.4, 0.5) is 10.1 Å². The molecular formula is C18H18FN3OS. The number of piperidine rings is 1. The number of pyridine rings is 1. The van der Waals surface area contributed by atoms with E-state index in [2.05, 4.69) is 10.2 Å². The van der Waals surface area contributed by atoms with Crippen LogP contribution in [0.1, 0.15) is 18.0 Å². The summed E-state index contributed by atoms with van der Waals surface area (Å²) in [5.74, 6) is 0.359. The Labute approximate surface area is 144 Å². The molecule has 3 heterocycles. The molecule has 2 bridgehead atoms. The monoisotopic (exact) mass is 343 g/mol. The molecular weight excluding hydrogens is 325 g/mol. The van der Waals surface area contributed by atoms with Crippen LogP contribution in [0.3, 0.4) is 0 Å². The molecule has 2 aromatic rings.